The summed E-state index contributed by atoms with van der Waals surface area (Å²) in [6.45, 7) is 2.97. The Bertz CT molecular complexity index is 1450. The van der Waals surface area contributed by atoms with Gasteiger partial charge in [0.1, 0.15) is 16.9 Å². The number of nitrogens with one attached hydrogen (secondary N) is 3. The van der Waals surface area contributed by atoms with Crippen molar-refractivity contribution in [3.05, 3.63) is 108 Å². The Labute approximate surface area is 217 Å². The van der Waals surface area contributed by atoms with Crippen molar-refractivity contribution in [1.82, 2.24) is 20.5 Å². The largest absolute Gasteiger partial charge is 0.460 e. The van der Waals surface area contributed by atoms with E-state index in [-0.39, 0.29) is 11.9 Å². The lowest BCUT2D eigenvalue weighted by atomic mass is 9.88. The Balaban J connectivity index is 1.50. The van der Waals surface area contributed by atoms with Crippen molar-refractivity contribution in [2.45, 2.75) is 31.5 Å². The third-order valence-electron chi connectivity index (χ3n) is 6.91. The molecule has 0 spiro atoms. The lowest BCUT2D eigenvalue weighted by Gasteiger charge is -2.37. The lowest BCUT2D eigenvalue weighted by Crippen LogP contribution is -2.63. The average Bonchev–Trinajstić information content (AvgIpc) is 3.51. The molecule has 0 fully saturated rings. The van der Waals surface area contributed by atoms with E-state index >= 15 is 0 Å². The van der Waals surface area contributed by atoms with Gasteiger partial charge in [0.15, 0.2) is 0 Å². The molecule has 0 saturated carbocycles. The number of carbonyl (C=O) groups excluding carboxylic acids is 1. The van der Waals surface area contributed by atoms with Gasteiger partial charge in [0, 0.05) is 35.5 Å². The Kier molecular flexibility index (Phi) is 7.12. The van der Waals surface area contributed by atoms with E-state index in [0.29, 0.717) is 19.5 Å². The van der Waals surface area contributed by atoms with Crippen LogP contribution in [-0.2, 0) is 17.8 Å². The van der Waals surface area contributed by atoms with Gasteiger partial charge in [-0.25, -0.2) is 0 Å². The second-order valence-corrected chi connectivity index (χ2v) is 10.1. The first-order valence-corrected chi connectivity index (χ1v) is 12.7. The highest BCUT2D eigenvalue weighted by Crippen LogP contribution is 2.26. The van der Waals surface area contributed by atoms with Gasteiger partial charge < -0.3 is 19.6 Å². The number of rotatable bonds is 10. The van der Waals surface area contributed by atoms with E-state index in [2.05, 4.69) is 32.7 Å². The van der Waals surface area contributed by atoms with Crippen molar-refractivity contribution in [2.75, 3.05) is 20.6 Å². The van der Waals surface area contributed by atoms with Gasteiger partial charge in [-0.1, -0.05) is 66.7 Å². The SMILES string of the molecule is CC(NC(=O)C(Cc1c[nH]c2ccccc12)(CN(C)C)NCc1cc2ccccc2o1)c1ccccc1. The number of H-pyrrole nitrogens is 1. The van der Waals surface area contributed by atoms with E-state index in [0.717, 1.165) is 38.8 Å². The minimum Gasteiger partial charge on any atom is -0.460 e. The number of fused-ring (bicyclic) bond motifs is 2. The number of likely N-dealkylation sites (N-methyl/N-ethyl adjacent to an activating group) is 1. The molecule has 0 saturated heterocycles. The molecular weight excluding hydrogens is 460 g/mol. The van der Waals surface area contributed by atoms with Crippen LogP contribution in [0.4, 0.5) is 0 Å². The van der Waals surface area contributed by atoms with Crippen molar-refractivity contribution in [2.24, 2.45) is 0 Å². The molecular formula is C31H34N4O2. The molecule has 2 aromatic heterocycles. The smallest absolute Gasteiger partial charge is 0.242 e. The van der Waals surface area contributed by atoms with Crippen LogP contribution in [0.1, 0.15) is 29.9 Å². The van der Waals surface area contributed by atoms with Crippen molar-refractivity contribution in [3.63, 3.8) is 0 Å². The molecule has 37 heavy (non-hydrogen) atoms. The molecule has 1 amide bonds. The molecule has 6 heteroatoms. The first-order valence-electron chi connectivity index (χ1n) is 12.7. The number of hydrogen-bond acceptors (Lipinski definition) is 4. The molecule has 0 aliphatic heterocycles. The van der Waals surface area contributed by atoms with Crippen LogP contribution in [0.25, 0.3) is 21.9 Å². The van der Waals surface area contributed by atoms with Crippen LogP contribution < -0.4 is 10.6 Å². The maximum atomic E-state index is 14.2. The molecule has 3 aromatic carbocycles. The predicted octanol–water partition coefficient (Wildman–Crippen LogP) is 5.42. The van der Waals surface area contributed by atoms with Crippen molar-refractivity contribution in [1.29, 1.82) is 0 Å². The Morgan fingerprint density at radius 2 is 1.73 bits per heavy atom. The second-order valence-electron chi connectivity index (χ2n) is 10.1. The fraction of sp³-hybridized carbons (Fsp3) is 0.258. The fourth-order valence-electron chi connectivity index (χ4n) is 5.09. The number of aromatic nitrogens is 1. The molecule has 3 N–H and O–H groups in total. The topological polar surface area (TPSA) is 73.3 Å². The Morgan fingerprint density at radius 3 is 2.51 bits per heavy atom. The molecule has 0 aliphatic carbocycles. The minimum absolute atomic E-state index is 0.0426. The quantitative estimate of drug-likeness (QED) is 0.242. The maximum Gasteiger partial charge on any atom is 0.242 e. The maximum absolute atomic E-state index is 14.2. The summed E-state index contributed by atoms with van der Waals surface area (Å²) in [4.78, 5) is 19.6. The van der Waals surface area contributed by atoms with Gasteiger partial charge in [-0.15, -0.1) is 0 Å². The zero-order valence-electron chi connectivity index (χ0n) is 21.6. The van der Waals surface area contributed by atoms with Gasteiger partial charge in [0.05, 0.1) is 12.6 Å². The van der Waals surface area contributed by atoms with Gasteiger partial charge in [-0.05, 0) is 50.3 Å². The zero-order chi connectivity index (χ0) is 25.8. The highest BCUT2D eigenvalue weighted by atomic mass is 16.3. The summed E-state index contributed by atoms with van der Waals surface area (Å²) in [6.07, 6.45) is 2.54. The summed E-state index contributed by atoms with van der Waals surface area (Å²) < 4.78 is 6.09. The summed E-state index contributed by atoms with van der Waals surface area (Å²) in [6, 6.07) is 28.2. The van der Waals surface area contributed by atoms with E-state index in [1.807, 2.05) is 100 Å². The minimum atomic E-state index is -0.906. The van der Waals surface area contributed by atoms with Crippen LogP contribution in [0.2, 0.25) is 0 Å². The van der Waals surface area contributed by atoms with E-state index < -0.39 is 5.54 Å². The number of hydrogen-bond donors (Lipinski definition) is 3. The summed E-state index contributed by atoms with van der Waals surface area (Å²) in [5, 5.41) is 9.11. The standard InChI is InChI=1S/C31H34N4O2/c1-22(23-11-5-4-6-12-23)34-30(36)31(21-35(2)3,18-25-19-32-28-15-9-8-14-27(25)28)33-20-26-17-24-13-7-10-16-29(24)37-26/h4-17,19,22,32-33H,18,20-21H2,1-3H3,(H,34,36). The van der Waals surface area contributed by atoms with Crippen LogP contribution in [0.15, 0.2) is 95.5 Å². The van der Waals surface area contributed by atoms with Crippen LogP contribution in [0.5, 0.6) is 0 Å². The number of amides is 1. The van der Waals surface area contributed by atoms with Crippen LogP contribution in [0, 0.1) is 0 Å². The third kappa shape index (κ3) is 5.45. The normalized spacial score (nSPS) is 14.2. The van der Waals surface area contributed by atoms with Gasteiger partial charge in [0.2, 0.25) is 5.91 Å². The number of nitrogens with zero attached hydrogens (tertiary/aromatic N) is 1. The average molecular weight is 495 g/mol. The summed E-state index contributed by atoms with van der Waals surface area (Å²) in [7, 11) is 4.00. The molecule has 5 rings (SSSR count). The number of para-hydroxylation sites is 2. The fourth-order valence-corrected chi connectivity index (χ4v) is 5.09. The van der Waals surface area contributed by atoms with E-state index in [9.17, 15) is 4.79 Å². The molecule has 6 nitrogen and oxygen atoms in total. The Morgan fingerprint density at radius 1 is 1.00 bits per heavy atom. The molecule has 2 atom stereocenters. The molecule has 0 aliphatic rings. The van der Waals surface area contributed by atoms with Gasteiger partial charge in [-0.3, -0.25) is 10.1 Å². The van der Waals surface area contributed by atoms with Crippen LogP contribution >= 0.6 is 0 Å². The van der Waals surface area contributed by atoms with Gasteiger partial charge >= 0.3 is 0 Å². The number of furan rings is 1. The molecule has 0 bridgehead atoms. The summed E-state index contributed by atoms with van der Waals surface area (Å²) >= 11 is 0. The van der Waals surface area contributed by atoms with Crippen molar-refractivity contribution < 1.29 is 9.21 Å². The molecule has 2 heterocycles. The molecule has 5 aromatic rings. The second kappa shape index (κ2) is 10.6. The number of aromatic amines is 1. The lowest BCUT2D eigenvalue weighted by molar-refractivity contribution is -0.129. The predicted molar refractivity (Wildman–Crippen MR) is 149 cm³/mol. The van der Waals surface area contributed by atoms with Crippen molar-refractivity contribution >= 4 is 27.8 Å². The monoisotopic (exact) mass is 494 g/mol. The summed E-state index contributed by atoms with van der Waals surface area (Å²) in [5.74, 6) is 0.756. The number of carbonyl (C=O) groups is 1. The van der Waals surface area contributed by atoms with Gasteiger partial charge in [0.25, 0.3) is 0 Å². The Hall–Kier alpha value is -3.87. The first-order chi connectivity index (χ1) is 17.9. The van der Waals surface area contributed by atoms with E-state index in [1.54, 1.807) is 0 Å². The molecule has 190 valence electrons. The third-order valence-corrected chi connectivity index (χ3v) is 6.91. The first kappa shape index (κ1) is 24.8. The van der Waals surface area contributed by atoms with Gasteiger partial charge in [-0.2, -0.15) is 0 Å². The number of benzene rings is 3. The highest BCUT2D eigenvalue weighted by molar-refractivity contribution is 5.89. The highest BCUT2D eigenvalue weighted by Gasteiger charge is 2.40. The molecule has 2 unspecified atom stereocenters. The summed E-state index contributed by atoms with van der Waals surface area (Å²) in [5.41, 5.74) is 3.16. The van der Waals surface area contributed by atoms with Crippen LogP contribution in [-0.4, -0.2) is 42.0 Å². The molecule has 0 radical (unpaired) electrons. The zero-order valence-corrected chi connectivity index (χ0v) is 21.6. The van der Waals surface area contributed by atoms with E-state index in [1.165, 1.54) is 0 Å². The van der Waals surface area contributed by atoms with Crippen LogP contribution in [0.3, 0.4) is 0 Å². The van der Waals surface area contributed by atoms with Crippen molar-refractivity contribution in [3.8, 4) is 0 Å². The van der Waals surface area contributed by atoms with E-state index in [4.69, 9.17) is 4.42 Å².